The molecule has 0 unspecified atom stereocenters. The number of carbonyl (C=O) groups is 1. The SMILES string of the molecule is C=C/C=C/C(Cl)=N/C(=C\C)N[C@@H](C)c1cccc(NC(=O)c2cc(N3CCN(CC)CC3)cc(C(F)(F)F)c2)c1. The number of aliphatic imine (C=N–C) groups is 1. The number of rotatable bonds is 10. The fraction of sp³-hybridized carbons (Fsp3) is 0.333. The molecule has 0 aliphatic carbocycles. The molecule has 0 spiro atoms. The van der Waals surface area contributed by atoms with Crippen molar-refractivity contribution in [3.05, 3.63) is 95.9 Å². The van der Waals surface area contributed by atoms with Gasteiger partial charge in [-0.2, -0.15) is 13.2 Å². The van der Waals surface area contributed by atoms with Crippen LogP contribution in [-0.2, 0) is 6.18 Å². The maximum absolute atomic E-state index is 13.7. The van der Waals surface area contributed by atoms with Crippen molar-refractivity contribution in [1.82, 2.24) is 10.2 Å². The first kappa shape index (κ1) is 31.0. The van der Waals surface area contributed by atoms with Crippen molar-refractivity contribution in [3.8, 4) is 0 Å². The number of hydrogen-bond donors (Lipinski definition) is 2. The van der Waals surface area contributed by atoms with Crippen molar-refractivity contribution < 1.29 is 18.0 Å². The van der Waals surface area contributed by atoms with Gasteiger partial charge in [0.05, 0.1) is 11.6 Å². The third-order valence-electron chi connectivity index (χ3n) is 6.57. The Labute approximate surface area is 238 Å². The maximum atomic E-state index is 13.7. The first-order valence-electron chi connectivity index (χ1n) is 13.1. The number of piperazine rings is 1. The van der Waals surface area contributed by atoms with Crippen LogP contribution in [0, 0.1) is 0 Å². The van der Waals surface area contributed by atoms with Gasteiger partial charge in [-0.15, -0.1) is 0 Å². The molecule has 1 atom stereocenters. The molecule has 6 nitrogen and oxygen atoms in total. The van der Waals surface area contributed by atoms with E-state index in [0.717, 1.165) is 37.3 Å². The number of nitrogens with zero attached hydrogens (tertiary/aromatic N) is 3. The number of amides is 1. The second-order valence-corrected chi connectivity index (χ2v) is 9.72. The molecule has 1 amide bonds. The molecule has 40 heavy (non-hydrogen) atoms. The van der Waals surface area contributed by atoms with Gasteiger partial charge in [0, 0.05) is 43.1 Å². The molecule has 1 fully saturated rings. The molecule has 3 rings (SSSR count). The zero-order valence-electron chi connectivity index (χ0n) is 22.9. The second-order valence-electron chi connectivity index (χ2n) is 9.34. The number of alkyl halides is 3. The molecule has 2 aromatic rings. The molecule has 1 heterocycles. The number of allylic oxidation sites excluding steroid dienone is 4. The number of carbonyl (C=O) groups excluding carboxylic acids is 1. The lowest BCUT2D eigenvalue weighted by atomic mass is 10.1. The van der Waals surface area contributed by atoms with E-state index in [2.05, 4.69) is 34.0 Å². The number of nitrogens with one attached hydrogen (secondary N) is 2. The predicted molar refractivity (Wildman–Crippen MR) is 158 cm³/mol. The van der Waals surface area contributed by atoms with Gasteiger partial charge in [0.2, 0.25) is 0 Å². The number of benzene rings is 2. The van der Waals surface area contributed by atoms with E-state index in [-0.39, 0.29) is 16.8 Å². The highest BCUT2D eigenvalue weighted by atomic mass is 35.5. The molecular formula is C30H35ClF3N5O. The van der Waals surface area contributed by atoms with Gasteiger partial charge in [-0.05, 0) is 68.4 Å². The van der Waals surface area contributed by atoms with Crippen LogP contribution in [0.15, 0.2) is 84.2 Å². The molecule has 1 aliphatic rings. The highest BCUT2D eigenvalue weighted by Crippen LogP contribution is 2.33. The van der Waals surface area contributed by atoms with Gasteiger partial charge in [-0.1, -0.05) is 49.4 Å². The van der Waals surface area contributed by atoms with E-state index in [0.29, 0.717) is 30.3 Å². The summed E-state index contributed by atoms with van der Waals surface area (Å²) in [6.07, 6.45) is 2.09. The topological polar surface area (TPSA) is 60.0 Å². The lowest BCUT2D eigenvalue weighted by Crippen LogP contribution is -2.46. The van der Waals surface area contributed by atoms with Crippen molar-refractivity contribution in [2.45, 2.75) is 33.0 Å². The minimum atomic E-state index is -4.57. The Hall–Kier alpha value is -3.56. The highest BCUT2D eigenvalue weighted by Gasteiger charge is 2.32. The number of anilines is 2. The molecule has 2 N–H and O–H groups in total. The second kappa shape index (κ2) is 14.2. The van der Waals surface area contributed by atoms with Gasteiger partial charge in [0.1, 0.15) is 11.0 Å². The first-order chi connectivity index (χ1) is 19.0. The van der Waals surface area contributed by atoms with E-state index in [1.165, 1.54) is 6.07 Å². The Balaban J connectivity index is 1.79. The summed E-state index contributed by atoms with van der Waals surface area (Å²) in [4.78, 5) is 21.6. The summed E-state index contributed by atoms with van der Waals surface area (Å²) in [5.41, 5.74) is 0.795. The van der Waals surface area contributed by atoms with E-state index in [9.17, 15) is 18.0 Å². The predicted octanol–water partition coefficient (Wildman–Crippen LogP) is 6.99. The number of halogens is 4. The molecule has 0 aromatic heterocycles. The summed E-state index contributed by atoms with van der Waals surface area (Å²) in [6, 6.07) is 10.4. The van der Waals surface area contributed by atoms with Gasteiger partial charge in [-0.3, -0.25) is 4.79 Å². The largest absolute Gasteiger partial charge is 0.416 e. The third-order valence-corrected chi connectivity index (χ3v) is 6.78. The Bertz CT molecular complexity index is 1280. The molecule has 1 aliphatic heterocycles. The van der Waals surface area contributed by atoms with Crippen molar-refractivity contribution in [2.24, 2.45) is 4.99 Å². The summed E-state index contributed by atoms with van der Waals surface area (Å²) in [7, 11) is 0. The van der Waals surface area contributed by atoms with Crippen LogP contribution in [0.3, 0.4) is 0 Å². The van der Waals surface area contributed by atoms with E-state index in [4.69, 9.17) is 11.6 Å². The maximum Gasteiger partial charge on any atom is 0.416 e. The average molecular weight is 574 g/mol. The Morgan fingerprint density at radius 3 is 2.52 bits per heavy atom. The Morgan fingerprint density at radius 1 is 1.18 bits per heavy atom. The molecule has 2 aromatic carbocycles. The van der Waals surface area contributed by atoms with E-state index < -0.39 is 17.6 Å². The van der Waals surface area contributed by atoms with Crippen LogP contribution in [0.5, 0.6) is 0 Å². The Morgan fingerprint density at radius 2 is 1.90 bits per heavy atom. The van der Waals surface area contributed by atoms with Crippen LogP contribution < -0.4 is 15.5 Å². The van der Waals surface area contributed by atoms with Crippen molar-refractivity contribution in [1.29, 1.82) is 0 Å². The van der Waals surface area contributed by atoms with Crippen LogP contribution in [-0.4, -0.2) is 48.7 Å². The van der Waals surface area contributed by atoms with Gasteiger partial charge in [0.15, 0.2) is 0 Å². The smallest absolute Gasteiger partial charge is 0.369 e. The number of hydrogen-bond acceptors (Lipinski definition) is 5. The molecule has 0 saturated carbocycles. The van der Waals surface area contributed by atoms with Crippen LogP contribution in [0.4, 0.5) is 24.5 Å². The van der Waals surface area contributed by atoms with E-state index >= 15 is 0 Å². The lowest BCUT2D eigenvalue weighted by Gasteiger charge is -2.36. The van der Waals surface area contributed by atoms with Gasteiger partial charge < -0.3 is 20.4 Å². The van der Waals surface area contributed by atoms with E-state index in [1.54, 1.807) is 42.5 Å². The minimum absolute atomic E-state index is 0.0490. The van der Waals surface area contributed by atoms with Crippen LogP contribution in [0.1, 0.15) is 48.3 Å². The standard InChI is InChI=1S/C30H35ClF3N5O/c1-5-8-12-27(31)37-28(6-2)35-21(4)22-10-9-11-25(18-22)36-29(40)23-17-24(30(32,33)34)20-26(19-23)39-15-13-38(7-3)14-16-39/h5-6,8-12,17-21,35H,1,7,13-16H2,2-4H3,(H,36,40)/b12-8+,28-6-,37-27-/t21-/m0/s1. The highest BCUT2D eigenvalue weighted by molar-refractivity contribution is 6.68. The fourth-order valence-corrected chi connectivity index (χ4v) is 4.45. The molecule has 1 saturated heterocycles. The fourth-order valence-electron chi connectivity index (χ4n) is 4.28. The molecule has 10 heteroatoms. The number of likely N-dealkylation sites (N-methyl/N-ethyl adjacent to an activating group) is 1. The normalized spacial score (nSPS) is 16.2. The van der Waals surface area contributed by atoms with Gasteiger partial charge in [-0.25, -0.2) is 4.99 Å². The third kappa shape index (κ3) is 8.72. The average Bonchev–Trinajstić information content (AvgIpc) is 2.95. The monoisotopic (exact) mass is 573 g/mol. The molecular weight excluding hydrogens is 539 g/mol. The quantitative estimate of drug-likeness (QED) is 0.237. The van der Waals surface area contributed by atoms with Crippen molar-refractivity contribution in [2.75, 3.05) is 42.9 Å². The summed E-state index contributed by atoms with van der Waals surface area (Å²) in [5.74, 6) is -0.0613. The van der Waals surface area contributed by atoms with E-state index in [1.807, 2.05) is 24.8 Å². The summed E-state index contributed by atoms with van der Waals surface area (Å²) >= 11 is 6.13. The van der Waals surface area contributed by atoms with Crippen molar-refractivity contribution in [3.63, 3.8) is 0 Å². The summed E-state index contributed by atoms with van der Waals surface area (Å²) < 4.78 is 41.2. The summed E-state index contributed by atoms with van der Waals surface area (Å²) in [5, 5.41) is 6.30. The van der Waals surface area contributed by atoms with Crippen molar-refractivity contribution >= 4 is 34.1 Å². The lowest BCUT2D eigenvalue weighted by molar-refractivity contribution is -0.137. The molecule has 0 radical (unpaired) electrons. The van der Waals surface area contributed by atoms with Crippen LogP contribution in [0.2, 0.25) is 0 Å². The zero-order chi connectivity index (χ0) is 29.3. The molecule has 214 valence electrons. The van der Waals surface area contributed by atoms with Crippen LogP contribution in [0.25, 0.3) is 0 Å². The summed E-state index contributed by atoms with van der Waals surface area (Å²) in [6.45, 7) is 13.0. The first-order valence-corrected chi connectivity index (χ1v) is 13.5. The molecule has 0 bridgehead atoms. The Kier molecular flexibility index (Phi) is 11.0. The van der Waals surface area contributed by atoms with Crippen LogP contribution >= 0.6 is 11.6 Å². The minimum Gasteiger partial charge on any atom is -0.369 e. The van der Waals surface area contributed by atoms with Gasteiger partial charge in [0.25, 0.3) is 5.91 Å². The van der Waals surface area contributed by atoms with Gasteiger partial charge >= 0.3 is 6.18 Å². The zero-order valence-corrected chi connectivity index (χ0v) is 23.7.